The molecule has 1 atom stereocenters. The van der Waals surface area contributed by atoms with Crippen LogP contribution in [0.2, 0.25) is 0 Å². The Hall–Kier alpha value is -4.00. The lowest BCUT2D eigenvalue weighted by Gasteiger charge is -2.14. The first-order valence-corrected chi connectivity index (χ1v) is 9.76. The number of aromatic nitrogens is 2. The van der Waals surface area contributed by atoms with Crippen LogP contribution in [0, 0.1) is 5.82 Å². The third-order valence-electron chi connectivity index (χ3n) is 4.68. The van der Waals surface area contributed by atoms with Crippen molar-refractivity contribution in [3.8, 4) is 28.6 Å². The van der Waals surface area contributed by atoms with Crippen LogP contribution in [-0.2, 0) is 4.79 Å². The maximum Gasteiger partial charge on any atom is 0.258 e. The van der Waals surface area contributed by atoms with Crippen molar-refractivity contribution in [3.05, 3.63) is 90.2 Å². The number of carbonyl (C=O) groups excluding carboxylic acids is 1. The lowest BCUT2D eigenvalue weighted by molar-refractivity contribution is -0.123. The molecule has 3 aromatic carbocycles. The third-order valence-corrected chi connectivity index (χ3v) is 4.68. The number of ether oxygens (including phenoxy) is 1. The highest BCUT2D eigenvalue weighted by molar-refractivity contribution is 5.78. The van der Waals surface area contributed by atoms with E-state index in [1.165, 1.54) is 12.1 Å². The van der Waals surface area contributed by atoms with E-state index in [0.717, 1.165) is 16.7 Å². The van der Waals surface area contributed by atoms with Gasteiger partial charge in [-0.25, -0.2) is 4.39 Å². The number of halogens is 1. The summed E-state index contributed by atoms with van der Waals surface area (Å²) in [6.45, 7) is 1.69. The van der Waals surface area contributed by atoms with Crippen LogP contribution < -0.4 is 10.1 Å². The fraction of sp³-hybridized carbons (Fsp3) is 0.125. The van der Waals surface area contributed by atoms with Gasteiger partial charge in [0, 0.05) is 11.1 Å². The summed E-state index contributed by atoms with van der Waals surface area (Å²) in [4.78, 5) is 16.6. The second-order valence-electron chi connectivity index (χ2n) is 6.94. The normalized spacial score (nSPS) is 11.7. The Morgan fingerprint density at radius 3 is 2.42 bits per heavy atom. The minimum absolute atomic E-state index is 0.135. The summed E-state index contributed by atoms with van der Waals surface area (Å²) in [6.07, 6.45) is 0. The maximum absolute atomic E-state index is 13.0. The largest absolute Gasteiger partial charge is 0.484 e. The highest BCUT2D eigenvalue weighted by Crippen LogP contribution is 2.24. The fourth-order valence-electron chi connectivity index (χ4n) is 3.01. The first-order valence-electron chi connectivity index (χ1n) is 9.76. The zero-order valence-corrected chi connectivity index (χ0v) is 16.8. The molecule has 7 heteroatoms. The van der Waals surface area contributed by atoms with Gasteiger partial charge in [0.2, 0.25) is 5.82 Å². The van der Waals surface area contributed by atoms with E-state index in [9.17, 15) is 9.18 Å². The van der Waals surface area contributed by atoms with Gasteiger partial charge in [-0.3, -0.25) is 4.79 Å². The van der Waals surface area contributed by atoms with Crippen molar-refractivity contribution < 1.29 is 18.4 Å². The zero-order chi connectivity index (χ0) is 21.6. The minimum atomic E-state index is -0.314. The Morgan fingerprint density at radius 1 is 1.00 bits per heavy atom. The van der Waals surface area contributed by atoms with E-state index < -0.39 is 0 Å². The molecule has 1 N–H and O–H groups in total. The van der Waals surface area contributed by atoms with Gasteiger partial charge in [-0.15, -0.1) is 0 Å². The molecule has 4 rings (SSSR count). The highest BCUT2D eigenvalue weighted by Gasteiger charge is 2.12. The van der Waals surface area contributed by atoms with Gasteiger partial charge in [0.05, 0.1) is 6.04 Å². The Kier molecular flexibility index (Phi) is 6.03. The number of hydrogen-bond donors (Lipinski definition) is 1. The summed E-state index contributed by atoms with van der Waals surface area (Å²) >= 11 is 0. The van der Waals surface area contributed by atoms with Crippen LogP contribution in [0.3, 0.4) is 0 Å². The van der Waals surface area contributed by atoms with E-state index in [0.29, 0.717) is 17.5 Å². The maximum atomic E-state index is 13.0. The van der Waals surface area contributed by atoms with Crippen molar-refractivity contribution in [2.75, 3.05) is 6.61 Å². The summed E-state index contributed by atoms with van der Waals surface area (Å²) in [5.74, 6) is 0.867. The van der Waals surface area contributed by atoms with Gasteiger partial charge in [0.1, 0.15) is 11.6 Å². The molecule has 156 valence electrons. The predicted octanol–water partition coefficient (Wildman–Crippen LogP) is 4.80. The van der Waals surface area contributed by atoms with Gasteiger partial charge in [-0.1, -0.05) is 47.6 Å². The molecule has 4 aromatic rings. The van der Waals surface area contributed by atoms with Crippen LogP contribution >= 0.6 is 0 Å². The summed E-state index contributed by atoms with van der Waals surface area (Å²) in [5, 5.41) is 6.83. The second-order valence-corrected chi connectivity index (χ2v) is 6.94. The van der Waals surface area contributed by atoms with E-state index >= 15 is 0 Å². The molecule has 0 fully saturated rings. The quantitative estimate of drug-likeness (QED) is 0.467. The van der Waals surface area contributed by atoms with E-state index in [1.807, 2.05) is 37.3 Å². The van der Waals surface area contributed by atoms with Crippen LogP contribution in [0.4, 0.5) is 4.39 Å². The molecule has 31 heavy (non-hydrogen) atoms. The van der Waals surface area contributed by atoms with Crippen molar-refractivity contribution in [2.45, 2.75) is 13.0 Å². The van der Waals surface area contributed by atoms with Gasteiger partial charge in [-0.2, -0.15) is 4.98 Å². The number of benzene rings is 3. The van der Waals surface area contributed by atoms with Gasteiger partial charge in [-0.05, 0) is 48.9 Å². The predicted molar refractivity (Wildman–Crippen MR) is 114 cm³/mol. The summed E-state index contributed by atoms with van der Waals surface area (Å²) < 4.78 is 23.9. The van der Waals surface area contributed by atoms with E-state index in [1.54, 1.807) is 36.4 Å². The molecule has 0 radical (unpaired) electrons. The van der Waals surface area contributed by atoms with Crippen molar-refractivity contribution in [2.24, 2.45) is 0 Å². The Morgan fingerprint density at radius 2 is 1.71 bits per heavy atom. The standard InChI is InChI=1S/C24H20FN3O3/c1-16(17-7-11-20(25)12-8-17)26-22(29)15-30-21-13-9-19(10-14-21)24-27-23(28-31-24)18-5-3-2-4-6-18/h2-14,16H,15H2,1H3,(H,26,29). The first-order chi connectivity index (χ1) is 15.1. The van der Waals surface area contributed by atoms with Crippen LogP contribution in [0.1, 0.15) is 18.5 Å². The molecule has 0 saturated heterocycles. The van der Waals surface area contributed by atoms with Gasteiger partial charge >= 0.3 is 0 Å². The summed E-state index contributed by atoms with van der Waals surface area (Å²) in [6, 6.07) is 22.4. The SMILES string of the molecule is CC(NC(=O)COc1ccc(-c2nc(-c3ccccc3)no2)cc1)c1ccc(F)cc1. The number of hydrogen-bond acceptors (Lipinski definition) is 5. The molecule has 6 nitrogen and oxygen atoms in total. The first kappa shape index (κ1) is 20.3. The van der Waals surface area contributed by atoms with E-state index in [2.05, 4.69) is 15.5 Å². The van der Waals surface area contributed by atoms with Gasteiger partial charge < -0.3 is 14.6 Å². The average Bonchev–Trinajstić information content (AvgIpc) is 3.29. The molecular formula is C24H20FN3O3. The minimum Gasteiger partial charge on any atom is -0.484 e. The molecule has 1 heterocycles. The van der Waals surface area contributed by atoms with Crippen molar-refractivity contribution in [3.63, 3.8) is 0 Å². The third kappa shape index (κ3) is 5.14. The molecule has 0 aliphatic heterocycles. The lowest BCUT2D eigenvalue weighted by atomic mass is 10.1. The summed E-state index contributed by atoms with van der Waals surface area (Å²) in [7, 11) is 0. The summed E-state index contributed by atoms with van der Waals surface area (Å²) in [5.41, 5.74) is 2.43. The van der Waals surface area contributed by atoms with E-state index in [-0.39, 0.29) is 24.4 Å². The Bertz CT molecular complexity index is 1140. The lowest BCUT2D eigenvalue weighted by Crippen LogP contribution is -2.31. The van der Waals surface area contributed by atoms with Gasteiger partial charge in [0.25, 0.3) is 11.8 Å². The number of nitrogens with zero attached hydrogens (tertiary/aromatic N) is 2. The molecule has 1 amide bonds. The van der Waals surface area contributed by atoms with E-state index in [4.69, 9.17) is 9.26 Å². The topological polar surface area (TPSA) is 77.2 Å². The molecule has 1 unspecified atom stereocenters. The average molecular weight is 417 g/mol. The highest BCUT2D eigenvalue weighted by atomic mass is 19.1. The molecular weight excluding hydrogens is 397 g/mol. The smallest absolute Gasteiger partial charge is 0.258 e. The number of nitrogens with one attached hydrogen (secondary N) is 1. The number of carbonyl (C=O) groups is 1. The monoisotopic (exact) mass is 417 g/mol. The van der Waals surface area contributed by atoms with Crippen LogP contribution in [0.15, 0.2) is 83.4 Å². The molecule has 0 spiro atoms. The fourth-order valence-corrected chi connectivity index (χ4v) is 3.01. The van der Waals surface area contributed by atoms with Gasteiger partial charge in [0.15, 0.2) is 6.61 Å². The molecule has 1 aromatic heterocycles. The zero-order valence-electron chi connectivity index (χ0n) is 16.8. The Balaban J connectivity index is 1.32. The molecule has 0 saturated carbocycles. The van der Waals surface area contributed by atoms with Crippen molar-refractivity contribution >= 4 is 5.91 Å². The molecule has 0 aliphatic rings. The number of amides is 1. The Labute approximate surface area is 178 Å². The van der Waals surface area contributed by atoms with Crippen LogP contribution in [0.5, 0.6) is 5.75 Å². The molecule has 0 bridgehead atoms. The van der Waals surface area contributed by atoms with Crippen molar-refractivity contribution in [1.29, 1.82) is 0 Å². The van der Waals surface area contributed by atoms with Crippen LogP contribution in [-0.4, -0.2) is 22.7 Å². The second kappa shape index (κ2) is 9.21. The van der Waals surface area contributed by atoms with Crippen LogP contribution in [0.25, 0.3) is 22.8 Å². The number of rotatable bonds is 7. The molecule has 0 aliphatic carbocycles. The van der Waals surface area contributed by atoms with Crippen molar-refractivity contribution in [1.82, 2.24) is 15.5 Å².